The summed E-state index contributed by atoms with van der Waals surface area (Å²) in [6.07, 6.45) is 2.14. The standard InChI is InChI=1S/C21H43N5O2/c1-4-22-21(23-8-6-13-27-17-20-7-14-28-18-20)24-15-19(3)16-26-11-9-25(5-2)10-12-26/h19-20H,4-18H2,1-3H3,(H2,22,23,24). The molecular weight excluding hydrogens is 354 g/mol. The van der Waals surface area contributed by atoms with Crippen LogP contribution in [0, 0.1) is 11.8 Å². The maximum Gasteiger partial charge on any atom is 0.191 e. The molecule has 2 unspecified atom stereocenters. The van der Waals surface area contributed by atoms with Crippen molar-refractivity contribution in [3.8, 4) is 0 Å². The molecular formula is C21H43N5O2. The van der Waals surface area contributed by atoms with Crippen molar-refractivity contribution in [3.05, 3.63) is 0 Å². The summed E-state index contributed by atoms with van der Waals surface area (Å²) in [5.41, 5.74) is 0. The fraction of sp³-hybridized carbons (Fsp3) is 0.952. The van der Waals surface area contributed by atoms with Crippen LogP contribution in [0.25, 0.3) is 0 Å². The molecule has 2 aliphatic heterocycles. The topological polar surface area (TPSA) is 61.4 Å². The van der Waals surface area contributed by atoms with Crippen LogP contribution in [-0.2, 0) is 9.47 Å². The Morgan fingerprint density at radius 2 is 1.96 bits per heavy atom. The van der Waals surface area contributed by atoms with Crippen molar-refractivity contribution in [2.75, 3.05) is 85.3 Å². The number of hydrogen-bond acceptors (Lipinski definition) is 5. The van der Waals surface area contributed by atoms with Crippen molar-refractivity contribution in [1.82, 2.24) is 20.4 Å². The second-order valence-electron chi connectivity index (χ2n) is 8.14. The van der Waals surface area contributed by atoms with Gasteiger partial charge in [-0.25, -0.2) is 0 Å². The van der Waals surface area contributed by atoms with E-state index < -0.39 is 0 Å². The molecule has 0 bridgehead atoms. The van der Waals surface area contributed by atoms with Crippen LogP contribution in [0.1, 0.15) is 33.6 Å². The number of nitrogens with zero attached hydrogens (tertiary/aromatic N) is 3. The first-order chi connectivity index (χ1) is 13.7. The molecule has 0 radical (unpaired) electrons. The van der Waals surface area contributed by atoms with E-state index >= 15 is 0 Å². The van der Waals surface area contributed by atoms with E-state index in [0.29, 0.717) is 11.8 Å². The average Bonchev–Trinajstić information content (AvgIpc) is 3.22. The minimum atomic E-state index is 0.570. The highest BCUT2D eigenvalue weighted by Crippen LogP contribution is 2.12. The zero-order chi connectivity index (χ0) is 20.0. The van der Waals surface area contributed by atoms with Crippen LogP contribution in [0.4, 0.5) is 0 Å². The van der Waals surface area contributed by atoms with Gasteiger partial charge in [-0.1, -0.05) is 13.8 Å². The number of piperazine rings is 1. The third-order valence-corrected chi connectivity index (χ3v) is 5.52. The highest BCUT2D eigenvalue weighted by molar-refractivity contribution is 5.79. The van der Waals surface area contributed by atoms with Gasteiger partial charge in [-0.15, -0.1) is 0 Å². The van der Waals surface area contributed by atoms with Gasteiger partial charge in [0.05, 0.1) is 13.2 Å². The Kier molecular flexibility index (Phi) is 11.8. The summed E-state index contributed by atoms with van der Waals surface area (Å²) in [4.78, 5) is 9.90. The Hall–Kier alpha value is -0.890. The van der Waals surface area contributed by atoms with Crippen LogP contribution in [-0.4, -0.2) is 101 Å². The van der Waals surface area contributed by atoms with E-state index in [0.717, 1.165) is 71.4 Å². The molecule has 2 aliphatic rings. The van der Waals surface area contributed by atoms with Gasteiger partial charge in [-0.3, -0.25) is 4.99 Å². The van der Waals surface area contributed by atoms with Crippen LogP contribution in [0.15, 0.2) is 4.99 Å². The van der Waals surface area contributed by atoms with Gasteiger partial charge in [0.1, 0.15) is 0 Å². The summed E-state index contributed by atoms with van der Waals surface area (Å²) >= 11 is 0. The molecule has 2 N–H and O–H groups in total. The molecule has 0 amide bonds. The maximum atomic E-state index is 5.77. The molecule has 2 saturated heterocycles. The Bertz CT molecular complexity index is 421. The Morgan fingerprint density at radius 1 is 1.18 bits per heavy atom. The van der Waals surface area contributed by atoms with E-state index in [2.05, 4.69) is 41.2 Å². The first-order valence-corrected chi connectivity index (χ1v) is 11.3. The van der Waals surface area contributed by atoms with Crippen molar-refractivity contribution in [3.63, 3.8) is 0 Å². The van der Waals surface area contributed by atoms with Crippen LogP contribution in [0.2, 0.25) is 0 Å². The lowest BCUT2D eigenvalue weighted by molar-refractivity contribution is 0.0888. The quantitative estimate of drug-likeness (QED) is 0.294. The van der Waals surface area contributed by atoms with Gasteiger partial charge in [0.25, 0.3) is 0 Å². The van der Waals surface area contributed by atoms with Gasteiger partial charge >= 0.3 is 0 Å². The normalized spacial score (nSPS) is 23.1. The number of rotatable bonds is 12. The van der Waals surface area contributed by atoms with Crippen LogP contribution in [0.3, 0.4) is 0 Å². The van der Waals surface area contributed by atoms with Crippen LogP contribution >= 0.6 is 0 Å². The van der Waals surface area contributed by atoms with E-state index in [4.69, 9.17) is 14.5 Å². The maximum absolute atomic E-state index is 5.77. The summed E-state index contributed by atoms with van der Waals surface area (Å²) in [5.74, 6) is 2.09. The monoisotopic (exact) mass is 397 g/mol. The van der Waals surface area contributed by atoms with Gasteiger partial charge in [0.15, 0.2) is 5.96 Å². The summed E-state index contributed by atoms with van der Waals surface area (Å²) < 4.78 is 11.1. The summed E-state index contributed by atoms with van der Waals surface area (Å²) in [7, 11) is 0. The second kappa shape index (κ2) is 14.1. The number of likely N-dealkylation sites (N-methyl/N-ethyl adjacent to an activating group) is 1. The average molecular weight is 398 g/mol. The molecule has 2 fully saturated rings. The van der Waals surface area contributed by atoms with Crippen LogP contribution < -0.4 is 10.6 Å². The van der Waals surface area contributed by atoms with Gasteiger partial charge in [-0.2, -0.15) is 0 Å². The zero-order valence-electron chi connectivity index (χ0n) is 18.4. The van der Waals surface area contributed by atoms with E-state index in [1.54, 1.807) is 0 Å². The number of nitrogens with one attached hydrogen (secondary N) is 2. The lowest BCUT2D eigenvalue weighted by atomic mass is 10.1. The number of aliphatic imine (C=N–C) groups is 1. The predicted octanol–water partition coefficient (Wildman–Crippen LogP) is 1.26. The number of ether oxygens (including phenoxy) is 2. The smallest absolute Gasteiger partial charge is 0.191 e. The molecule has 2 rings (SSSR count). The number of hydrogen-bond donors (Lipinski definition) is 2. The third kappa shape index (κ3) is 9.54. The summed E-state index contributed by atoms with van der Waals surface area (Å²) in [5, 5.41) is 6.79. The highest BCUT2D eigenvalue weighted by Gasteiger charge is 2.17. The summed E-state index contributed by atoms with van der Waals surface area (Å²) in [6.45, 7) is 19.8. The molecule has 28 heavy (non-hydrogen) atoms. The molecule has 0 aromatic rings. The first-order valence-electron chi connectivity index (χ1n) is 11.3. The highest BCUT2D eigenvalue weighted by atomic mass is 16.5. The van der Waals surface area contributed by atoms with E-state index in [1.807, 2.05) is 0 Å². The molecule has 0 spiro atoms. The van der Waals surface area contributed by atoms with Crippen molar-refractivity contribution < 1.29 is 9.47 Å². The molecule has 0 aromatic carbocycles. The van der Waals surface area contributed by atoms with Gasteiger partial charge in [0.2, 0.25) is 0 Å². The Morgan fingerprint density at radius 3 is 2.64 bits per heavy atom. The lowest BCUT2D eigenvalue weighted by Gasteiger charge is -2.35. The molecule has 0 aromatic heterocycles. The zero-order valence-corrected chi connectivity index (χ0v) is 18.4. The van der Waals surface area contributed by atoms with Crippen molar-refractivity contribution in [2.45, 2.75) is 33.6 Å². The Balaban J connectivity index is 1.56. The Labute approximate surface area is 172 Å². The minimum absolute atomic E-state index is 0.570. The van der Waals surface area contributed by atoms with Crippen molar-refractivity contribution in [1.29, 1.82) is 0 Å². The first kappa shape index (κ1) is 23.4. The van der Waals surface area contributed by atoms with Gasteiger partial charge in [-0.05, 0) is 32.2 Å². The predicted molar refractivity (Wildman–Crippen MR) is 116 cm³/mol. The third-order valence-electron chi connectivity index (χ3n) is 5.52. The molecule has 2 atom stereocenters. The van der Waals surface area contributed by atoms with Crippen molar-refractivity contribution in [2.24, 2.45) is 16.8 Å². The summed E-state index contributed by atoms with van der Waals surface area (Å²) in [6, 6.07) is 0. The second-order valence-corrected chi connectivity index (χ2v) is 8.14. The minimum Gasteiger partial charge on any atom is -0.381 e. The molecule has 7 nitrogen and oxygen atoms in total. The van der Waals surface area contributed by atoms with E-state index in [9.17, 15) is 0 Å². The molecule has 7 heteroatoms. The fourth-order valence-corrected chi connectivity index (χ4v) is 3.72. The van der Waals surface area contributed by atoms with E-state index in [-0.39, 0.29) is 0 Å². The molecule has 164 valence electrons. The number of guanidine groups is 1. The van der Waals surface area contributed by atoms with Crippen LogP contribution in [0.5, 0.6) is 0 Å². The molecule has 0 saturated carbocycles. The van der Waals surface area contributed by atoms with E-state index in [1.165, 1.54) is 32.7 Å². The van der Waals surface area contributed by atoms with Gasteiger partial charge in [0, 0.05) is 71.5 Å². The SMILES string of the molecule is CCNC(=NCC(C)CN1CCN(CC)CC1)NCCCOCC1CCOC1. The fourth-order valence-electron chi connectivity index (χ4n) is 3.72. The molecule has 2 heterocycles. The lowest BCUT2D eigenvalue weighted by Crippen LogP contribution is -2.47. The largest absolute Gasteiger partial charge is 0.381 e. The van der Waals surface area contributed by atoms with Crippen molar-refractivity contribution >= 4 is 5.96 Å². The molecule has 0 aliphatic carbocycles. The van der Waals surface area contributed by atoms with Gasteiger partial charge < -0.3 is 29.9 Å².